The van der Waals surface area contributed by atoms with Crippen molar-refractivity contribution in [2.75, 3.05) is 0 Å². The molecule has 0 bridgehead atoms. The van der Waals surface area contributed by atoms with E-state index in [0.29, 0.717) is 5.76 Å². The third-order valence-corrected chi connectivity index (χ3v) is 3.73. The van der Waals surface area contributed by atoms with Crippen LogP contribution in [0.25, 0.3) is 0 Å². The van der Waals surface area contributed by atoms with Gasteiger partial charge in [0.1, 0.15) is 17.1 Å². The molecule has 1 amide bonds. The average Bonchev–Trinajstić information content (AvgIpc) is 2.44. The summed E-state index contributed by atoms with van der Waals surface area (Å²) >= 11 is 0. The van der Waals surface area contributed by atoms with Crippen molar-refractivity contribution in [3.8, 4) is 5.75 Å². The van der Waals surface area contributed by atoms with E-state index in [1.807, 2.05) is 0 Å². The topological polar surface area (TPSA) is 91.9 Å². The van der Waals surface area contributed by atoms with Crippen molar-refractivity contribution >= 4 is 11.6 Å². The Labute approximate surface area is 122 Å². The smallest absolute Gasteiger partial charge is 0.348 e. The first-order chi connectivity index (χ1) is 9.99. The molecule has 114 valence electrons. The second kappa shape index (κ2) is 6.56. The Bertz CT molecular complexity index is 613. The van der Waals surface area contributed by atoms with Crippen LogP contribution >= 0.6 is 0 Å². The number of rotatable bonds is 3. The second-order valence-corrected chi connectivity index (χ2v) is 5.41. The fourth-order valence-corrected chi connectivity index (χ4v) is 2.58. The normalized spacial score (nSPS) is 16.8. The SMILES string of the molecule is C/C(=N\NC(=O)C1CCCCC1)c1c(O)cc(C)oc1=O. The van der Waals surface area contributed by atoms with Crippen LogP contribution in [0.5, 0.6) is 5.75 Å². The molecule has 0 unspecified atom stereocenters. The van der Waals surface area contributed by atoms with Crippen molar-refractivity contribution in [1.29, 1.82) is 0 Å². The first-order valence-electron chi connectivity index (χ1n) is 7.17. The van der Waals surface area contributed by atoms with Gasteiger partial charge in [0.2, 0.25) is 5.91 Å². The summed E-state index contributed by atoms with van der Waals surface area (Å²) in [7, 11) is 0. The molecule has 1 aliphatic rings. The van der Waals surface area contributed by atoms with Crippen LogP contribution in [0.4, 0.5) is 0 Å². The maximum atomic E-state index is 12.0. The highest BCUT2D eigenvalue weighted by atomic mass is 16.4. The van der Waals surface area contributed by atoms with E-state index in [0.717, 1.165) is 25.7 Å². The minimum Gasteiger partial charge on any atom is -0.507 e. The molecule has 6 heteroatoms. The van der Waals surface area contributed by atoms with Gasteiger partial charge in [0.15, 0.2) is 0 Å². The van der Waals surface area contributed by atoms with Crippen molar-refractivity contribution < 1.29 is 14.3 Å². The summed E-state index contributed by atoms with van der Waals surface area (Å²) in [5.74, 6) is -0.0273. The zero-order valence-electron chi connectivity index (χ0n) is 12.3. The van der Waals surface area contributed by atoms with Gasteiger partial charge in [0.25, 0.3) is 0 Å². The summed E-state index contributed by atoms with van der Waals surface area (Å²) < 4.78 is 4.92. The average molecular weight is 292 g/mol. The molecule has 6 nitrogen and oxygen atoms in total. The summed E-state index contributed by atoms with van der Waals surface area (Å²) in [5.41, 5.74) is 2.01. The maximum absolute atomic E-state index is 12.0. The van der Waals surface area contributed by atoms with Gasteiger partial charge in [-0.05, 0) is 26.7 Å². The maximum Gasteiger partial charge on any atom is 0.348 e. The molecule has 1 fully saturated rings. The van der Waals surface area contributed by atoms with E-state index in [9.17, 15) is 14.7 Å². The molecule has 0 atom stereocenters. The first-order valence-corrected chi connectivity index (χ1v) is 7.17. The van der Waals surface area contributed by atoms with Crippen LogP contribution in [-0.2, 0) is 4.79 Å². The van der Waals surface area contributed by atoms with Crippen LogP contribution in [0, 0.1) is 12.8 Å². The lowest BCUT2D eigenvalue weighted by Gasteiger charge is -2.19. The first kappa shape index (κ1) is 15.3. The Morgan fingerprint density at radius 3 is 2.67 bits per heavy atom. The Kier molecular flexibility index (Phi) is 4.77. The van der Waals surface area contributed by atoms with Gasteiger partial charge in [-0.1, -0.05) is 19.3 Å². The predicted molar refractivity (Wildman–Crippen MR) is 78.3 cm³/mol. The number of carbonyl (C=O) groups is 1. The van der Waals surface area contributed by atoms with E-state index in [1.165, 1.54) is 12.5 Å². The molecule has 0 spiro atoms. The number of aryl methyl sites for hydroxylation is 1. The second-order valence-electron chi connectivity index (χ2n) is 5.41. The lowest BCUT2D eigenvalue weighted by molar-refractivity contribution is -0.125. The van der Waals surface area contributed by atoms with E-state index in [4.69, 9.17) is 4.42 Å². The number of carbonyl (C=O) groups excluding carboxylic acids is 1. The number of nitrogens with zero attached hydrogens (tertiary/aromatic N) is 1. The molecule has 0 aliphatic heterocycles. The van der Waals surface area contributed by atoms with Crippen LogP contribution in [0.3, 0.4) is 0 Å². The monoisotopic (exact) mass is 292 g/mol. The molecule has 1 aliphatic carbocycles. The third-order valence-electron chi connectivity index (χ3n) is 3.73. The minimum atomic E-state index is -0.666. The van der Waals surface area contributed by atoms with Crippen LogP contribution < -0.4 is 11.1 Å². The summed E-state index contributed by atoms with van der Waals surface area (Å²) in [6.45, 7) is 3.12. The van der Waals surface area contributed by atoms with Gasteiger partial charge in [-0.15, -0.1) is 0 Å². The van der Waals surface area contributed by atoms with E-state index in [-0.39, 0.29) is 28.8 Å². The van der Waals surface area contributed by atoms with Crippen LogP contribution in [-0.4, -0.2) is 16.7 Å². The van der Waals surface area contributed by atoms with Crippen molar-refractivity contribution in [3.05, 3.63) is 27.8 Å². The number of hydrogen-bond acceptors (Lipinski definition) is 5. The molecule has 1 heterocycles. The highest BCUT2D eigenvalue weighted by molar-refractivity contribution is 6.01. The fraction of sp³-hybridized carbons (Fsp3) is 0.533. The largest absolute Gasteiger partial charge is 0.507 e. The molecule has 1 saturated carbocycles. The molecule has 0 radical (unpaired) electrons. The summed E-state index contributed by atoms with van der Waals surface area (Å²) in [6.07, 6.45) is 5.03. The van der Waals surface area contributed by atoms with Crippen LogP contribution in [0.15, 0.2) is 20.4 Å². The quantitative estimate of drug-likeness (QED) is 0.659. The molecule has 1 aromatic rings. The van der Waals surface area contributed by atoms with E-state index >= 15 is 0 Å². The van der Waals surface area contributed by atoms with Gasteiger partial charge in [0, 0.05) is 12.0 Å². The summed E-state index contributed by atoms with van der Waals surface area (Å²) in [6, 6.07) is 1.35. The number of aromatic hydroxyl groups is 1. The number of nitrogens with one attached hydrogen (secondary N) is 1. The van der Waals surface area contributed by atoms with E-state index in [1.54, 1.807) is 13.8 Å². The number of hydrogen-bond donors (Lipinski definition) is 2. The molecular weight excluding hydrogens is 272 g/mol. The molecule has 0 saturated heterocycles. The Hall–Kier alpha value is -2.11. The van der Waals surface area contributed by atoms with Crippen molar-refractivity contribution in [2.24, 2.45) is 11.0 Å². The van der Waals surface area contributed by atoms with Gasteiger partial charge >= 0.3 is 5.63 Å². The van der Waals surface area contributed by atoms with E-state index in [2.05, 4.69) is 10.5 Å². The van der Waals surface area contributed by atoms with Crippen LogP contribution in [0.1, 0.15) is 50.4 Å². The summed E-state index contributed by atoms with van der Waals surface area (Å²) in [5, 5.41) is 13.7. The van der Waals surface area contributed by atoms with Crippen molar-refractivity contribution in [2.45, 2.75) is 46.0 Å². The highest BCUT2D eigenvalue weighted by Crippen LogP contribution is 2.23. The molecular formula is C15H20N2O4. The Balaban J connectivity index is 2.11. The van der Waals surface area contributed by atoms with E-state index < -0.39 is 5.63 Å². The number of amides is 1. The van der Waals surface area contributed by atoms with Crippen LogP contribution in [0.2, 0.25) is 0 Å². The summed E-state index contributed by atoms with van der Waals surface area (Å²) in [4.78, 5) is 23.7. The molecule has 1 aromatic heterocycles. The standard InChI is InChI=1S/C15H20N2O4/c1-9-8-12(18)13(15(20)21-9)10(2)16-17-14(19)11-6-4-3-5-7-11/h8,11,18H,3-7H2,1-2H3,(H,17,19)/b16-10+. The van der Waals surface area contributed by atoms with Crippen molar-refractivity contribution in [3.63, 3.8) is 0 Å². The Morgan fingerprint density at radius 1 is 1.38 bits per heavy atom. The van der Waals surface area contributed by atoms with Crippen molar-refractivity contribution in [1.82, 2.24) is 5.43 Å². The third kappa shape index (κ3) is 3.71. The molecule has 2 rings (SSSR count). The number of hydrazone groups is 1. The van der Waals surface area contributed by atoms with Gasteiger partial charge in [-0.2, -0.15) is 5.10 Å². The fourth-order valence-electron chi connectivity index (χ4n) is 2.58. The lowest BCUT2D eigenvalue weighted by Crippen LogP contribution is -2.29. The lowest BCUT2D eigenvalue weighted by atomic mass is 9.89. The Morgan fingerprint density at radius 2 is 2.05 bits per heavy atom. The minimum absolute atomic E-state index is 0.0154. The van der Waals surface area contributed by atoms with Gasteiger partial charge in [-0.3, -0.25) is 4.79 Å². The van der Waals surface area contributed by atoms with Gasteiger partial charge < -0.3 is 9.52 Å². The van der Waals surface area contributed by atoms with Gasteiger partial charge in [0.05, 0.1) is 5.71 Å². The zero-order chi connectivity index (χ0) is 15.4. The van der Waals surface area contributed by atoms with Gasteiger partial charge in [-0.25, -0.2) is 10.2 Å². The predicted octanol–water partition coefficient (Wildman–Crippen LogP) is 2.07. The molecule has 21 heavy (non-hydrogen) atoms. The molecule has 2 N–H and O–H groups in total. The molecule has 0 aromatic carbocycles. The zero-order valence-corrected chi connectivity index (χ0v) is 12.3. The highest BCUT2D eigenvalue weighted by Gasteiger charge is 2.21.